The molecule has 48 valence electrons. The zero-order valence-corrected chi connectivity index (χ0v) is 5.77. The number of hydrogen-bond donors (Lipinski definition) is 0. The molecule has 0 radical (unpaired) electrons. The molecule has 9 heavy (non-hydrogen) atoms. The summed E-state index contributed by atoms with van der Waals surface area (Å²) in [6.45, 7) is 0. The Morgan fingerprint density at radius 2 is 0.556 bits per heavy atom. The topological polar surface area (TPSA) is 0 Å². The van der Waals surface area contributed by atoms with E-state index in [0.717, 1.165) is 0 Å². The van der Waals surface area contributed by atoms with Crippen molar-refractivity contribution in [1.82, 2.24) is 0 Å². The molecule has 0 aliphatic rings. The standard InChI is InChI=1S/F6Si.2Li/c1-7(2,3,4,5)6;;/q-2;2*+1. The maximum Gasteiger partial charge on any atom is 1.00 e. The average Bonchev–Trinajstić information content (AvgIpc) is 0.592. The fraction of sp³-hybridized carbons (Fsp3) is 0. The van der Waals surface area contributed by atoms with Crippen molar-refractivity contribution in [3.8, 4) is 0 Å². The van der Waals surface area contributed by atoms with Gasteiger partial charge in [-0.1, -0.05) is 0 Å². The van der Waals surface area contributed by atoms with E-state index < -0.39 is 8.63 Å². The summed E-state index contributed by atoms with van der Waals surface area (Å²) in [5.74, 6) is 0. The Bertz CT molecular complexity index is 69.6. The van der Waals surface area contributed by atoms with Crippen LogP contribution in [-0.2, 0) is 0 Å². The molecule has 0 saturated carbocycles. The van der Waals surface area contributed by atoms with E-state index in [2.05, 4.69) is 0 Å². The second-order valence-corrected chi connectivity index (χ2v) is 3.21. The van der Waals surface area contributed by atoms with Crippen molar-refractivity contribution >= 4 is 8.63 Å². The third-order valence-electron chi connectivity index (χ3n) is 0. The first-order valence-electron chi connectivity index (χ1n) is 1.13. The van der Waals surface area contributed by atoms with E-state index >= 15 is 0 Å². The Labute approximate surface area is 71.2 Å². The molecule has 0 atom stereocenters. The summed E-state index contributed by atoms with van der Waals surface area (Å²) in [6, 6.07) is 0. The fourth-order valence-electron chi connectivity index (χ4n) is 0. The van der Waals surface area contributed by atoms with Crippen LogP contribution in [0.1, 0.15) is 0 Å². The molecular weight excluding hydrogens is 156 g/mol. The van der Waals surface area contributed by atoms with Crippen LogP contribution >= 0.6 is 0 Å². The van der Waals surface area contributed by atoms with Crippen LogP contribution in [0, 0.1) is 0 Å². The molecule has 0 aromatic heterocycles. The second-order valence-electron chi connectivity index (χ2n) is 1.07. The Kier molecular flexibility index (Phi) is 4.12. The summed E-state index contributed by atoms with van der Waals surface area (Å²) >= 11 is 0. The molecule has 0 aromatic rings. The van der Waals surface area contributed by atoms with Crippen LogP contribution in [0.5, 0.6) is 0 Å². The third-order valence-corrected chi connectivity index (χ3v) is 0. The van der Waals surface area contributed by atoms with Gasteiger partial charge in [0.25, 0.3) is 0 Å². The minimum absolute atomic E-state index is 0. The molecular formula is F6Li2Si. The molecule has 0 aromatic carbocycles. The van der Waals surface area contributed by atoms with Gasteiger partial charge in [-0.2, -0.15) is 0 Å². The van der Waals surface area contributed by atoms with Gasteiger partial charge in [0.1, 0.15) is 0 Å². The molecule has 0 bridgehead atoms. The fourth-order valence-corrected chi connectivity index (χ4v) is 0. The van der Waals surface area contributed by atoms with Gasteiger partial charge in [0.15, 0.2) is 0 Å². The predicted octanol–water partition coefficient (Wildman–Crippen LogP) is -3.85. The average molecular weight is 156 g/mol. The molecule has 0 N–H and O–H groups in total. The molecule has 9 heteroatoms. The summed E-state index contributed by atoms with van der Waals surface area (Å²) in [5, 5.41) is 0. The van der Waals surface area contributed by atoms with Crippen molar-refractivity contribution in [3.05, 3.63) is 0 Å². The largest absolute Gasteiger partial charge is 1.00 e. The third kappa shape index (κ3) is 447. The van der Waals surface area contributed by atoms with Gasteiger partial charge in [-0.3, -0.25) is 0 Å². The van der Waals surface area contributed by atoms with Crippen LogP contribution in [0.2, 0.25) is 0 Å². The van der Waals surface area contributed by atoms with Crippen LogP contribution in [0.25, 0.3) is 0 Å². The van der Waals surface area contributed by atoms with E-state index in [9.17, 15) is 24.6 Å². The smallest absolute Gasteiger partial charge is 1.00 e. The van der Waals surface area contributed by atoms with Gasteiger partial charge in [-0.25, -0.2) is 0 Å². The zero-order valence-electron chi connectivity index (χ0n) is 4.77. The molecule has 0 unspecified atom stereocenters. The first-order valence-corrected chi connectivity index (χ1v) is 3.40. The molecule has 0 aliphatic carbocycles. The Morgan fingerprint density at radius 3 is 0.556 bits per heavy atom. The SMILES string of the molecule is F[Si-2](F)(F)(F)(F)F.[Li+].[Li+]. The normalized spacial score (nSPS) is 18.0. The summed E-state index contributed by atoms with van der Waals surface area (Å²) in [6.07, 6.45) is 0. The van der Waals surface area contributed by atoms with E-state index in [-0.39, 0.29) is 37.7 Å². The maximum atomic E-state index is 9.88. The Balaban J connectivity index is -0.000000180. The van der Waals surface area contributed by atoms with E-state index in [1.165, 1.54) is 0 Å². The molecule has 0 rings (SSSR count). The van der Waals surface area contributed by atoms with Crippen LogP contribution < -0.4 is 37.7 Å². The van der Waals surface area contributed by atoms with Crippen molar-refractivity contribution in [2.75, 3.05) is 0 Å². The van der Waals surface area contributed by atoms with E-state index in [1.807, 2.05) is 0 Å². The van der Waals surface area contributed by atoms with Crippen LogP contribution in [0.4, 0.5) is 24.6 Å². The van der Waals surface area contributed by atoms with Crippen molar-refractivity contribution < 1.29 is 62.4 Å². The van der Waals surface area contributed by atoms with Crippen molar-refractivity contribution in [2.24, 2.45) is 0 Å². The van der Waals surface area contributed by atoms with E-state index in [4.69, 9.17) is 0 Å². The van der Waals surface area contributed by atoms with Gasteiger partial charge in [0, 0.05) is 0 Å². The van der Waals surface area contributed by atoms with Crippen molar-refractivity contribution in [3.63, 3.8) is 0 Å². The molecule has 0 spiro atoms. The molecule has 0 nitrogen and oxygen atoms in total. The summed E-state index contributed by atoms with van der Waals surface area (Å²) in [4.78, 5) is 0. The summed E-state index contributed by atoms with van der Waals surface area (Å²) < 4.78 is 59.3. The second kappa shape index (κ2) is 2.25. The zero-order chi connectivity index (χ0) is 6.41. The predicted molar refractivity (Wildman–Crippen MR) is 12.4 cm³/mol. The molecule has 0 aliphatic heterocycles. The number of rotatable bonds is 0. The first kappa shape index (κ1) is 16.5. The van der Waals surface area contributed by atoms with E-state index in [1.54, 1.807) is 0 Å². The Morgan fingerprint density at radius 1 is 0.556 bits per heavy atom. The van der Waals surface area contributed by atoms with Crippen LogP contribution in [0.15, 0.2) is 0 Å². The first-order chi connectivity index (χ1) is 2.45. The Hall–Kier alpha value is 0.992. The minimum Gasteiger partial charge on any atom is 1.00 e. The van der Waals surface area contributed by atoms with Gasteiger partial charge < -0.3 is 0 Å². The quantitative estimate of drug-likeness (QED) is 0.191. The van der Waals surface area contributed by atoms with Gasteiger partial charge in [-0.15, -0.1) is 0 Å². The molecule has 0 amide bonds. The van der Waals surface area contributed by atoms with Gasteiger partial charge in [0.05, 0.1) is 0 Å². The summed E-state index contributed by atoms with van der Waals surface area (Å²) in [5.41, 5.74) is 0. The minimum atomic E-state index is -10.8. The molecule has 0 saturated heterocycles. The summed E-state index contributed by atoms with van der Waals surface area (Å²) in [7, 11) is -10.8. The van der Waals surface area contributed by atoms with Crippen LogP contribution in [-0.4, -0.2) is 8.63 Å². The van der Waals surface area contributed by atoms with Crippen molar-refractivity contribution in [1.29, 1.82) is 0 Å². The number of halogens is 6. The maximum absolute atomic E-state index is 10.8. The van der Waals surface area contributed by atoms with Gasteiger partial charge >= 0.3 is 71.0 Å². The van der Waals surface area contributed by atoms with Gasteiger partial charge in [-0.05, 0) is 0 Å². The number of hydrogen-bond acceptors (Lipinski definition) is 0. The van der Waals surface area contributed by atoms with E-state index in [0.29, 0.717) is 0 Å². The van der Waals surface area contributed by atoms with Crippen LogP contribution in [0.3, 0.4) is 0 Å². The van der Waals surface area contributed by atoms with Gasteiger partial charge in [0.2, 0.25) is 0 Å². The monoisotopic (exact) mass is 156 g/mol. The molecule has 0 heterocycles. The molecule has 0 fully saturated rings. The van der Waals surface area contributed by atoms with Crippen molar-refractivity contribution in [2.45, 2.75) is 0 Å².